The third-order valence-electron chi connectivity index (χ3n) is 14.3. The number of oxime groups is 1. The second-order valence-electron chi connectivity index (χ2n) is 19.7. The first kappa shape index (κ1) is 39.5. The summed E-state index contributed by atoms with van der Waals surface area (Å²) in [5, 5.41) is 10.0. The van der Waals surface area contributed by atoms with Gasteiger partial charge in [-0.05, 0) is 110 Å². The Morgan fingerprint density at radius 1 is 0.879 bits per heavy atom. The van der Waals surface area contributed by atoms with Crippen molar-refractivity contribution in [1.29, 1.82) is 0 Å². The van der Waals surface area contributed by atoms with Crippen LogP contribution in [0.1, 0.15) is 103 Å². The van der Waals surface area contributed by atoms with E-state index in [4.69, 9.17) is 4.84 Å². The molecule has 11 nitrogen and oxygen atoms in total. The highest BCUT2D eigenvalue weighted by Crippen LogP contribution is 2.61. The van der Waals surface area contributed by atoms with Gasteiger partial charge in [0.05, 0.1) is 23.8 Å². The monoisotopic (exact) mass is 819 g/mol. The fourth-order valence-corrected chi connectivity index (χ4v) is 13.0. The number of hydrogen-bond donors (Lipinski definition) is 3. The zero-order valence-corrected chi connectivity index (χ0v) is 34.3. The van der Waals surface area contributed by atoms with E-state index in [9.17, 15) is 31.6 Å². The zero-order chi connectivity index (χ0) is 40.8. The highest BCUT2D eigenvalue weighted by molar-refractivity contribution is 7.91. The van der Waals surface area contributed by atoms with Crippen LogP contribution in [0.3, 0.4) is 0 Å². The van der Waals surface area contributed by atoms with E-state index < -0.39 is 75.0 Å². The molecular formula is C44H55F2N5O6S. The van der Waals surface area contributed by atoms with Crippen LogP contribution in [0, 0.1) is 34.5 Å². The standard InChI is InChI=1S/C44H55F2N5O6S/c1-42(2,3)37(47-15-14-43-20-25-16-26(21-43)18-27(17-25)22-43)40(53)51-24-28(57-49-36-32-10-6-4-8-30(32)31-9-5-7-11-33(31)36)19-35(51)39(52)48-44(23-34(44)38(45)46)41(54)50-58(55,56)29-12-13-29/h4-11,25-29,34-35,37-38,47H,12-24H2,1-3H3,(H,48,52)(H,50,54)/t25?,26?,27?,28-,34+,35+,37-,43?,44+/m1/s1. The van der Waals surface area contributed by atoms with Gasteiger partial charge in [0.1, 0.15) is 23.4 Å². The van der Waals surface area contributed by atoms with Gasteiger partial charge in [-0.25, -0.2) is 17.2 Å². The van der Waals surface area contributed by atoms with Crippen molar-refractivity contribution >= 4 is 33.5 Å². The van der Waals surface area contributed by atoms with Gasteiger partial charge in [0, 0.05) is 17.5 Å². The summed E-state index contributed by atoms with van der Waals surface area (Å²) in [5.41, 5.74) is 2.04. The lowest BCUT2D eigenvalue weighted by molar-refractivity contribution is -0.143. The summed E-state index contributed by atoms with van der Waals surface area (Å²) in [4.78, 5) is 50.4. The van der Waals surface area contributed by atoms with E-state index in [1.807, 2.05) is 74.0 Å². The molecule has 3 N–H and O–H groups in total. The number of hydrogen-bond acceptors (Lipinski definition) is 8. The molecule has 7 aliphatic carbocycles. The number of carbonyl (C=O) groups is 3. The number of benzene rings is 2. The van der Waals surface area contributed by atoms with E-state index in [0.717, 1.165) is 46.4 Å². The number of fused-ring (bicyclic) bond motifs is 3. The van der Waals surface area contributed by atoms with Crippen molar-refractivity contribution in [3.05, 3.63) is 59.7 Å². The largest absolute Gasteiger partial charge is 0.390 e. The first-order valence-electron chi connectivity index (χ1n) is 21.2. The molecule has 1 aliphatic heterocycles. The highest BCUT2D eigenvalue weighted by atomic mass is 32.2. The van der Waals surface area contributed by atoms with Crippen LogP contribution in [0.15, 0.2) is 53.7 Å². The number of halogens is 2. The van der Waals surface area contributed by atoms with Gasteiger partial charge in [0.15, 0.2) is 0 Å². The maximum absolute atomic E-state index is 14.9. The van der Waals surface area contributed by atoms with Crippen molar-refractivity contribution in [1.82, 2.24) is 20.3 Å². The van der Waals surface area contributed by atoms with Crippen LogP contribution >= 0.6 is 0 Å². The smallest absolute Gasteiger partial charge is 0.259 e. The van der Waals surface area contributed by atoms with E-state index in [1.165, 1.54) is 43.4 Å². The molecule has 2 aromatic rings. The fourth-order valence-electron chi connectivity index (χ4n) is 11.6. The minimum atomic E-state index is -4.08. The molecule has 0 unspecified atom stereocenters. The minimum Gasteiger partial charge on any atom is -0.390 e. The number of alkyl halides is 2. The molecule has 7 fully saturated rings. The molecule has 0 spiro atoms. The molecule has 4 bridgehead atoms. The van der Waals surface area contributed by atoms with Crippen LogP contribution in [0.2, 0.25) is 0 Å². The van der Waals surface area contributed by atoms with Gasteiger partial charge in [-0.2, -0.15) is 0 Å². The lowest BCUT2D eigenvalue weighted by atomic mass is 9.49. The van der Waals surface area contributed by atoms with Gasteiger partial charge in [0.25, 0.3) is 5.91 Å². The Labute approximate surface area is 339 Å². The topological polar surface area (TPSA) is 146 Å². The average molecular weight is 820 g/mol. The van der Waals surface area contributed by atoms with Gasteiger partial charge < -0.3 is 20.4 Å². The van der Waals surface area contributed by atoms with Crippen LogP contribution < -0.4 is 15.4 Å². The van der Waals surface area contributed by atoms with Crippen molar-refractivity contribution in [2.24, 2.45) is 39.7 Å². The number of nitrogens with zero attached hydrogens (tertiary/aromatic N) is 2. The molecule has 1 saturated heterocycles. The summed E-state index contributed by atoms with van der Waals surface area (Å²) in [6.45, 7) is 6.57. The average Bonchev–Trinajstić information content (AvgIpc) is 4.08. The molecular weight excluding hydrogens is 765 g/mol. The van der Waals surface area contributed by atoms with Crippen molar-refractivity contribution in [3.8, 4) is 11.1 Å². The number of nitrogens with one attached hydrogen (secondary N) is 3. The Balaban J connectivity index is 0.971. The Kier molecular flexibility index (Phi) is 9.80. The third kappa shape index (κ3) is 7.23. The van der Waals surface area contributed by atoms with Crippen molar-refractivity contribution in [3.63, 3.8) is 0 Å². The number of carbonyl (C=O) groups excluding carboxylic acids is 3. The Hall–Kier alpha value is -3.91. The van der Waals surface area contributed by atoms with Gasteiger partial charge >= 0.3 is 0 Å². The molecule has 0 aromatic heterocycles. The summed E-state index contributed by atoms with van der Waals surface area (Å²) in [6.07, 6.45) is 5.32. The summed E-state index contributed by atoms with van der Waals surface area (Å²) < 4.78 is 55.9. The van der Waals surface area contributed by atoms with Crippen LogP contribution in [0.4, 0.5) is 8.78 Å². The third-order valence-corrected chi connectivity index (χ3v) is 16.2. The van der Waals surface area contributed by atoms with Gasteiger partial charge in [-0.3, -0.25) is 19.1 Å². The van der Waals surface area contributed by atoms with Crippen molar-refractivity contribution < 1.29 is 36.4 Å². The van der Waals surface area contributed by atoms with E-state index in [2.05, 4.69) is 15.8 Å². The normalized spacial score (nSPS) is 32.4. The Bertz CT molecular complexity index is 2050. The lowest BCUT2D eigenvalue weighted by Gasteiger charge is -2.57. The summed E-state index contributed by atoms with van der Waals surface area (Å²) >= 11 is 0. The first-order chi connectivity index (χ1) is 27.6. The van der Waals surface area contributed by atoms with Gasteiger partial charge in [0.2, 0.25) is 28.3 Å². The summed E-state index contributed by atoms with van der Waals surface area (Å²) in [5.74, 6) is -1.49. The van der Waals surface area contributed by atoms with Crippen LogP contribution in [0.25, 0.3) is 11.1 Å². The molecule has 1 heterocycles. The van der Waals surface area contributed by atoms with Gasteiger partial charge in [-0.1, -0.05) is 74.5 Å². The Morgan fingerprint density at radius 3 is 1.97 bits per heavy atom. The fraction of sp³-hybridized carbons (Fsp3) is 0.636. The summed E-state index contributed by atoms with van der Waals surface area (Å²) in [7, 11) is -4.08. The van der Waals surface area contributed by atoms with Crippen LogP contribution in [0.5, 0.6) is 0 Å². The minimum absolute atomic E-state index is 0.00619. The molecule has 58 heavy (non-hydrogen) atoms. The molecule has 2 aromatic carbocycles. The van der Waals surface area contributed by atoms with Crippen LogP contribution in [-0.2, 0) is 29.2 Å². The summed E-state index contributed by atoms with van der Waals surface area (Å²) in [6, 6.07) is 13.8. The molecule has 5 atom stereocenters. The van der Waals surface area contributed by atoms with Gasteiger partial charge in [-0.15, -0.1) is 0 Å². The number of likely N-dealkylation sites (tertiary alicyclic amines) is 1. The maximum atomic E-state index is 14.9. The quantitative estimate of drug-likeness (QED) is 0.186. The van der Waals surface area contributed by atoms with Crippen LogP contribution in [-0.4, -0.2) is 85.2 Å². The zero-order valence-electron chi connectivity index (χ0n) is 33.5. The molecule has 3 amide bonds. The maximum Gasteiger partial charge on any atom is 0.259 e. The highest BCUT2D eigenvalue weighted by Gasteiger charge is 2.67. The predicted octanol–water partition coefficient (Wildman–Crippen LogP) is 5.76. The molecule has 312 valence electrons. The second kappa shape index (κ2) is 14.4. The van der Waals surface area contributed by atoms with E-state index in [1.54, 1.807) is 0 Å². The molecule has 10 rings (SSSR count). The van der Waals surface area contributed by atoms with Crippen molar-refractivity contribution in [2.45, 2.75) is 127 Å². The molecule has 14 heteroatoms. The van der Waals surface area contributed by atoms with E-state index in [-0.39, 0.29) is 18.9 Å². The van der Waals surface area contributed by atoms with Crippen molar-refractivity contribution in [2.75, 3.05) is 13.1 Å². The Morgan fingerprint density at radius 2 is 1.45 bits per heavy atom. The van der Waals surface area contributed by atoms with E-state index in [0.29, 0.717) is 30.5 Å². The second-order valence-corrected chi connectivity index (χ2v) is 21.7. The molecule has 8 aliphatic rings. The molecule has 0 radical (unpaired) electrons. The lowest BCUT2D eigenvalue weighted by Crippen LogP contribution is -2.60. The number of rotatable bonds is 13. The SMILES string of the molecule is CC(C)(C)[C@H](NCCC12CC3CC(CC(C3)C1)C2)C(=O)N1C[C@H](ON=C2c3ccccc3-c3ccccc32)C[C@H]1C(=O)N[C@@]1(C(=O)NS(=O)(=O)C2CC2)C[C@H]1C(F)F. The number of sulfonamides is 1. The molecule has 6 saturated carbocycles. The van der Waals surface area contributed by atoms with E-state index >= 15 is 0 Å². The number of amides is 3. The predicted molar refractivity (Wildman–Crippen MR) is 214 cm³/mol. The first-order valence-corrected chi connectivity index (χ1v) is 22.7.